The maximum atomic E-state index is 12.7. The van der Waals surface area contributed by atoms with Crippen molar-refractivity contribution in [3.05, 3.63) is 63.8 Å². The number of benzene rings is 2. The van der Waals surface area contributed by atoms with E-state index in [1.165, 1.54) is 18.6 Å². The monoisotopic (exact) mass is 458 g/mol. The lowest BCUT2D eigenvalue weighted by Crippen LogP contribution is -2.37. The smallest absolute Gasteiger partial charge is 0.315 e. The molecule has 3 heterocycles. The molecule has 2 aromatic carbocycles. The van der Waals surface area contributed by atoms with Crippen molar-refractivity contribution >= 4 is 56.7 Å². The topological polar surface area (TPSA) is 71.1 Å². The molecule has 1 aliphatic heterocycles. The molecule has 5 rings (SSSR count). The van der Waals surface area contributed by atoms with Crippen LogP contribution in [0.2, 0.25) is 10.0 Å². The van der Waals surface area contributed by atoms with Crippen LogP contribution in [0, 0.1) is 0 Å². The minimum absolute atomic E-state index is 0.290. The highest BCUT2D eigenvalue weighted by Gasteiger charge is 2.35. The number of fused-ring (bicyclic) bond motifs is 3. The van der Waals surface area contributed by atoms with Gasteiger partial charge in [0.05, 0.1) is 13.7 Å². The van der Waals surface area contributed by atoms with Crippen molar-refractivity contribution in [2.24, 2.45) is 0 Å². The quantitative estimate of drug-likeness (QED) is 0.423. The molecule has 1 unspecified atom stereocenters. The molecule has 6 nitrogen and oxygen atoms in total. The van der Waals surface area contributed by atoms with Crippen molar-refractivity contribution in [3.8, 4) is 11.4 Å². The number of hydrogen-bond donors (Lipinski definition) is 1. The molecule has 0 amide bonds. The summed E-state index contributed by atoms with van der Waals surface area (Å²) in [4.78, 5) is 22.8. The van der Waals surface area contributed by atoms with Gasteiger partial charge in [-0.1, -0.05) is 35.3 Å². The van der Waals surface area contributed by atoms with Gasteiger partial charge in [-0.25, -0.2) is 0 Å². The number of ether oxygens (including phenoxy) is 1. The van der Waals surface area contributed by atoms with Crippen LogP contribution in [0.3, 0.4) is 0 Å². The van der Waals surface area contributed by atoms with Crippen LogP contribution < -0.4 is 4.90 Å². The summed E-state index contributed by atoms with van der Waals surface area (Å²) >= 11 is 13.6. The Morgan fingerprint density at radius 3 is 2.87 bits per heavy atom. The lowest BCUT2D eigenvalue weighted by atomic mass is 9.92. The van der Waals surface area contributed by atoms with E-state index in [-0.39, 0.29) is 5.97 Å². The molecule has 0 saturated heterocycles. The fraction of sp³-hybridized carbons (Fsp3) is 0.190. The van der Waals surface area contributed by atoms with Gasteiger partial charge < -0.3 is 14.6 Å². The van der Waals surface area contributed by atoms with Crippen molar-refractivity contribution < 1.29 is 9.53 Å². The van der Waals surface area contributed by atoms with E-state index in [0.29, 0.717) is 29.0 Å². The average Bonchev–Trinajstić information content (AvgIpc) is 3.37. The highest BCUT2D eigenvalue weighted by molar-refractivity contribution is 7.09. The number of rotatable bonds is 3. The van der Waals surface area contributed by atoms with Crippen LogP contribution in [0.25, 0.3) is 22.3 Å². The van der Waals surface area contributed by atoms with Crippen LogP contribution in [-0.4, -0.2) is 34.0 Å². The summed E-state index contributed by atoms with van der Waals surface area (Å²) in [5.74, 6) is -0.132. The molecule has 1 N–H and O–H groups in total. The number of hydrogen-bond acceptors (Lipinski definition) is 6. The maximum Gasteiger partial charge on any atom is 0.315 e. The molecular weight excluding hydrogens is 443 g/mol. The van der Waals surface area contributed by atoms with Crippen molar-refractivity contribution in [1.82, 2.24) is 14.3 Å². The Kier molecular flexibility index (Phi) is 4.89. The lowest BCUT2D eigenvalue weighted by Gasteiger charge is -2.31. The van der Waals surface area contributed by atoms with Crippen LogP contribution in [-0.2, 0) is 16.1 Å². The maximum absolute atomic E-state index is 12.7. The molecule has 0 bridgehead atoms. The Morgan fingerprint density at radius 2 is 2.07 bits per heavy atom. The molecule has 9 heteroatoms. The van der Waals surface area contributed by atoms with Gasteiger partial charge in [0.2, 0.25) is 5.13 Å². The van der Waals surface area contributed by atoms with Crippen molar-refractivity contribution in [3.63, 3.8) is 0 Å². The summed E-state index contributed by atoms with van der Waals surface area (Å²) in [5.41, 5.74) is 3.69. The first-order valence-corrected chi connectivity index (χ1v) is 10.8. The largest absolute Gasteiger partial charge is 0.468 e. The van der Waals surface area contributed by atoms with E-state index in [9.17, 15) is 4.79 Å². The van der Waals surface area contributed by atoms with E-state index in [2.05, 4.69) is 9.36 Å². The first-order valence-electron chi connectivity index (χ1n) is 9.26. The number of nitrogens with zero attached hydrogens (tertiary/aromatic N) is 3. The number of anilines is 1. The number of methoxy groups -OCH3 is 1. The minimum atomic E-state index is -0.454. The summed E-state index contributed by atoms with van der Waals surface area (Å²) < 4.78 is 9.60. The van der Waals surface area contributed by atoms with Crippen LogP contribution in [0.15, 0.2) is 42.5 Å². The molecular formula is C21H16Cl2N4O2S. The Morgan fingerprint density at radius 1 is 1.23 bits per heavy atom. The van der Waals surface area contributed by atoms with Crippen LogP contribution in [0.1, 0.15) is 17.2 Å². The van der Waals surface area contributed by atoms with E-state index in [1.807, 2.05) is 47.4 Å². The Labute approximate surface area is 186 Å². The second-order valence-corrected chi connectivity index (χ2v) is 8.68. The molecule has 30 heavy (non-hydrogen) atoms. The number of halogens is 2. The number of nitrogens with one attached hydrogen (secondary N) is 1. The molecule has 0 radical (unpaired) electrons. The third-order valence-electron chi connectivity index (χ3n) is 5.24. The highest BCUT2D eigenvalue weighted by Crippen LogP contribution is 2.39. The normalized spacial score (nSPS) is 16.0. The van der Waals surface area contributed by atoms with Gasteiger partial charge in [-0.3, -0.25) is 4.79 Å². The standard InChI is InChI=1S/C21H16Cl2N4O2S/c1-29-20(28)15-9-27(10-17-18(15)14-8-13(23)5-6-16(14)24-17)21-25-19(26-30-21)11-3-2-4-12(22)7-11/h2-8,15,24H,9-10H2,1H3. The van der Waals surface area contributed by atoms with Gasteiger partial charge in [-0.05, 0) is 35.9 Å². The molecule has 0 spiro atoms. The van der Waals surface area contributed by atoms with Gasteiger partial charge in [-0.15, -0.1) is 0 Å². The summed E-state index contributed by atoms with van der Waals surface area (Å²) in [6.07, 6.45) is 0. The summed E-state index contributed by atoms with van der Waals surface area (Å²) in [6.45, 7) is 1.03. The van der Waals surface area contributed by atoms with Gasteiger partial charge in [0, 0.05) is 50.3 Å². The lowest BCUT2D eigenvalue weighted by molar-refractivity contribution is -0.142. The van der Waals surface area contributed by atoms with Gasteiger partial charge in [0.25, 0.3) is 0 Å². The summed E-state index contributed by atoms with van der Waals surface area (Å²) in [6, 6.07) is 13.1. The second-order valence-electron chi connectivity index (χ2n) is 7.07. The van der Waals surface area contributed by atoms with Crippen LogP contribution in [0.5, 0.6) is 0 Å². The number of esters is 1. The zero-order valence-electron chi connectivity index (χ0n) is 15.9. The van der Waals surface area contributed by atoms with Gasteiger partial charge in [0.1, 0.15) is 5.92 Å². The van der Waals surface area contributed by atoms with Crippen LogP contribution in [0.4, 0.5) is 5.13 Å². The number of aromatic amines is 1. The third-order valence-corrected chi connectivity index (χ3v) is 6.48. The summed E-state index contributed by atoms with van der Waals surface area (Å²) in [5, 5.41) is 2.95. The number of aromatic nitrogens is 3. The van der Waals surface area contributed by atoms with Gasteiger partial charge in [-0.2, -0.15) is 9.36 Å². The molecule has 0 fully saturated rings. The van der Waals surface area contributed by atoms with Gasteiger partial charge >= 0.3 is 5.97 Å². The Bertz CT molecular complexity index is 1270. The van der Waals surface area contributed by atoms with Gasteiger partial charge in [0.15, 0.2) is 5.82 Å². The Balaban J connectivity index is 1.55. The molecule has 1 atom stereocenters. The fourth-order valence-corrected chi connectivity index (χ4v) is 4.96. The van der Waals surface area contributed by atoms with E-state index < -0.39 is 5.92 Å². The predicted molar refractivity (Wildman–Crippen MR) is 119 cm³/mol. The number of carbonyl (C=O) groups is 1. The summed E-state index contributed by atoms with van der Waals surface area (Å²) in [7, 11) is 1.41. The van der Waals surface area contributed by atoms with Crippen molar-refractivity contribution in [1.29, 1.82) is 0 Å². The Hall–Kier alpha value is -2.61. The average molecular weight is 459 g/mol. The molecule has 152 valence electrons. The number of carbonyl (C=O) groups excluding carboxylic acids is 1. The second kappa shape index (κ2) is 7.58. The predicted octanol–water partition coefficient (Wildman–Crippen LogP) is 5.27. The van der Waals surface area contributed by atoms with E-state index >= 15 is 0 Å². The number of H-pyrrole nitrogens is 1. The molecule has 4 aromatic rings. The minimum Gasteiger partial charge on any atom is -0.468 e. The van der Waals surface area contributed by atoms with E-state index in [4.69, 9.17) is 32.9 Å². The SMILES string of the molecule is COC(=O)C1CN(c2nc(-c3cccc(Cl)c3)ns2)Cc2[nH]c3ccc(Cl)cc3c21. The van der Waals surface area contributed by atoms with E-state index in [0.717, 1.165) is 32.9 Å². The molecule has 1 aliphatic rings. The fourth-order valence-electron chi connectivity index (χ4n) is 3.90. The van der Waals surface area contributed by atoms with Crippen molar-refractivity contribution in [2.45, 2.75) is 12.5 Å². The molecule has 2 aromatic heterocycles. The van der Waals surface area contributed by atoms with Crippen LogP contribution >= 0.6 is 34.7 Å². The molecule has 0 saturated carbocycles. The zero-order valence-corrected chi connectivity index (χ0v) is 18.2. The first kappa shape index (κ1) is 19.4. The van der Waals surface area contributed by atoms with Crippen molar-refractivity contribution in [2.75, 3.05) is 18.6 Å². The highest BCUT2D eigenvalue weighted by atomic mass is 35.5. The first-order chi connectivity index (χ1) is 14.5. The van der Waals surface area contributed by atoms with E-state index in [1.54, 1.807) is 0 Å². The third kappa shape index (κ3) is 3.33. The zero-order chi connectivity index (χ0) is 20.8. The molecule has 0 aliphatic carbocycles.